The van der Waals surface area contributed by atoms with Crippen molar-refractivity contribution in [3.63, 3.8) is 0 Å². The summed E-state index contributed by atoms with van der Waals surface area (Å²) in [6.07, 6.45) is -0.489. The van der Waals surface area contributed by atoms with E-state index in [1.54, 1.807) is 18.3 Å². The van der Waals surface area contributed by atoms with Crippen LogP contribution in [0.15, 0.2) is 78.1 Å². The van der Waals surface area contributed by atoms with Crippen LogP contribution in [-0.4, -0.2) is 43.0 Å². The number of rotatable bonds is 11. The van der Waals surface area contributed by atoms with E-state index in [0.717, 1.165) is 43.8 Å². The molecule has 1 saturated heterocycles. The highest BCUT2D eigenvalue weighted by Gasteiger charge is 2.29. The summed E-state index contributed by atoms with van der Waals surface area (Å²) in [5.74, 6) is 0.504. The molecule has 2 aromatic carbocycles. The van der Waals surface area contributed by atoms with E-state index < -0.39 is 11.7 Å². The normalized spacial score (nSPS) is 14.6. The van der Waals surface area contributed by atoms with E-state index in [4.69, 9.17) is 14.3 Å². The highest BCUT2D eigenvalue weighted by atomic mass is 19.4. The Kier molecular flexibility index (Phi) is 9.91. The molecule has 0 radical (unpaired) electrons. The highest BCUT2D eigenvalue weighted by Crippen LogP contribution is 2.29. The summed E-state index contributed by atoms with van der Waals surface area (Å²) in [4.78, 5) is 22.0. The number of nitrogens with zero attached hydrogens (tertiary/aromatic N) is 2. The standard InChI is InChI=1S/C29H30F3N3O4/c30-29(31,32)25-9-6-23(7-10-25)19-39-35-26(16-21-4-2-1-3-5-21)24-8-11-28(34-18-24)38-20-27(36)33-17-22-12-14-37-15-13-22/h1-11,18,22H,12-17,19-20H2,(H,33,36). The van der Waals surface area contributed by atoms with E-state index in [1.807, 2.05) is 30.3 Å². The Morgan fingerprint density at radius 2 is 1.74 bits per heavy atom. The lowest BCUT2D eigenvalue weighted by atomic mass is 10.0. The van der Waals surface area contributed by atoms with E-state index in [-0.39, 0.29) is 19.1 Å². The first kappa shape index (κ1) is 28.1. The zero-order valence-corrected chi connectivity index (χ0v) is 21.3. The van der Waals surface area contributed by atoms with Gasteiger partial charge in [-0.25, -0.2) is 4.98 Å². The molecule has 10 heteroatoms. The van der Waals surface area contributed by atoms with Gasteiger partial charge in [-0.3, -0.25) is 4.79 Å². The molecule has 0 spiro atoms. The van der Waals surface area contributed by atoms with Gasteiger partial charge in [0, 0.05) is 44.0 Å². The fourth-order valence-electron chi connectivity index (χ4n) is 3.99. The molecule has 0 unspecified atom stereocenters. The van der Waals surface area contributed by atoms with Crippen molar-refractivity contribution in [1.29, 1.82) is 0 Å². The summed E-state index contributed by atoms with van der Waals surface area (Å²) in [6, 6.07) is 17.8. The molecule has 1 N–H and O–H groups in total. The second-order valence-electron chi connectivity index (χ2n) is 9.20. The number of amides is 1. The fraction of sp³-hybridized carbons (Fsp3) is 0.345. The summed E-state index contributed by atoms with van der Waals surface area (Å²) in [5, 5.41) is 7.16. The van der Waals surface area contributed by atoms with Crippen LogP contribution in [0.3, 0.4) is 0 Å². The van der Waals surface area contributed by atoms with Crippen molar-refractivity contribution in [3.05, 3.63) is 95.2 Å². The van der Waals surface area contributed by atoms with Gasteiger partial charge in [-0.2, -0.15) is 13.2 Å². The Bertz CT molecular complexity index is 1210. The lowest BCUT2D eigenvalue weighted by Gasteiger charge is -2.22. The van der Waals surface area contributed by atoms with Gasteiger partial charge in [0.1, 0.15) is 6.61 Å². The molecule has 1 fully saturated rings. The smallest absolute Gasteiger partial charge is 0.416 e. The zero-order valence-electron chi connectivity index (χ0n) is 21.3. The number of benzene rings is 2. The second-order valence-corrected chi connectivity index (χ2v) is 9.20. The van der Waals surface area contributed by atoms with Crippen LogP contribution in [0.1, 0.15) is 35.1 Å². The predicted molar refractivity (Wildman–Crippen MR) is 139 cm³/mol. The SMILES string of the molecule is O=C(COc1ccc(C(Cc2ccccc2)=NOCc2ccc(C(F)(F)F)cc2)cn1)NCC1CCOCC1. The van der Waals surface area contributed by atoms with Crippen LogP contribution in [0.4, 0.5) is 13.2 Å². The lowest BCUT2D eigenvalue weighted by Crippen LogP contribution is -2.35. The topological polar surface area (TPSA) is 82.0 Å². The first-order valence-corrected chi connectivity index (χ1v) is 12.7. The first-order valence-electron chi connectivity index (χ1n) is 12.7. The van der Waals surface area contributed by atoms with Gasteiger partial charge in [-0.15, -0.1) is 0 Å². The van der Waals surface area contributed by atoms with Gasteiger partial charge in [0.25, 0.3) is 5.91 Å². The van der Waals surface area contributed by atoms with Crippen LogP contribution in [-0.2, 0) is 33.6 Å². The van der Waals surface area contributed by atoms with E-state index in [0.29, 0.717) is 41.6 Å². The first-order chi connectivity index (χ1) is 18.9. The second kappa shape index (κ2) is 13.7. The molecule has 0 bridgehead atoms. The highest BCUT2D eigenvalue weighted by molar-refractivity contribution is 6.01. The molecule has 4 rings (SSSR count). The van der Waals surface area contributed by atoms with E-state index in [9.17, 15) is 18.0 Å². The number of hydrogen-bond donors (Lipinski definition) is 1. The molecule has 39 heavy (non-hydrogen) atoms. The van der Waals surface area contributed by atoms with Crippen molar-refractivity contribution >= 4 is 11.6 Å². The average Bonchev–Trinajstić information content (AvgIpc) is 2.96. The molecule has 1 aromatic heterocycles. The lowest BCUT2D eigenvalue weighted by molar-refractivity contribution is -0.137. The summed E-state index contributed by atoms with van der Waals surface area (Å²) < 4.78 is 49.3. The van der Waals surface area contributed by atoms with Gasteiger partial charge in [0.15, 0.2) is 6.61 Å². The van der Waals surface area contributed by atoms with Gasteiger partial charge in [0.2, 0.25) is 5.88 Å². The average molecular weight is 542 g/mol. The van der Waals surface area contributed by atoms with Crippen LogP contribution < -0.4 is 10.1 Å². The van der Waals surface area contributed by atoms with Crippen LogP contribution in [0.2, 0.25) is 0 Å². The Morgan fingerprint density at radius 3 is 2.41 bits per heavy atom. The van der Waals surface area contributed by atoms with Crippen molar-refractivity contribution in [3.8, 4) is 5.88 Å². The molecule has 2 heterocycles. The molecular formula is C29H30F3N3O4. The molecule has 0 atom stereocenters. The van der Waals surface area contributed by atoms with Crippen LogP contribution >= 0.6 is 0 Å². The Labute approximate surface area is 225 Å². The minimum atomic E-state index is -4.39. The molecule has 0 saturated carbocycles. The summed E-state index contributed by atoms with van der Waals surface area (Å²) >= 11 is 0. The fourth-order valence-corrected chi connectivity index (χ4v) is 3.99. The number of nitrogens with one attached hydrogen (secondary N) is 1. The number of alkyl halides is 3. The maximum absolute atomic E-state index is 12.8. The van der Waals surface area contributed by atoms with Gasteiger partial charge < -0.3 is 19.6 Å². The minimum Gasteiger partial charge on any atom is -0.468 e. The predicted octanol–water partition coefficient (Wildman–Crippen LogP) is 5.19. The number of halogens is 3. The Morgan fingerprint density at radius 1 is 1.00 bits per heavy atom. The molecule has 1 aliphatic rings. The largest absolute Gasteiger partial charge is 0.468 e. The molecule has 1 amide bonds. The molecule has 0 aliphatic carbocycles. The Hall–Kier alpha value is -3.92. The molecule has 206 valence electrons. The Balaban J connectivity index is 1.35. The number of hydrogen-bond acceptors (Lipinski definition) is 6. The number of ether oxygens (including phenoxy) is 2. The van der Waals surface area contributed by atoms with Crippen LogP contribution in [0.5, 0.6) is 5.88 Å². The molecule has 1 aliphatic heterocycles. The van der Waals surface area contributed by atoms with Gasteiger partial charge in [-0.05, 0) is 48.1 Å². The number of aromatic nitrogens is 1. The van der Waals surface area contributed by atoms with Crippen molar-refractivity contribution < 1.29 is 32.3 Å². The maximum Gasteiger partial charge on any atom is 0.416 e. The zero-order chi connectivity index (χ0) is 27.5. The molecular weight excluding hydrogens is 511 g/mol. The summed E-state index contributed by atoms with van der Waals surface area (Å²) in [7, 11) is 0. The minimum absolute atomic E-state index is 0.00798. The number of carbonyl (C=O) groups excluding carboxylic acids is 1. The van der Waals surface area contributed by atoms with Crippen molar-refractivity contribution in [2.75, 3.05) is 26.4 Å². The maximum atomic E-state index is 12.8. The quantitative estimate of drug-likeness (QED) is 0.267. The van der Waals surface area contributed by atoms with E-state index in [1.165, 1.54) is 12.1 Å². The van der Waals surface area contributed by atoms with E-state index >= 15 is 0 Å². The third-order valence-corrected chi connectivity index (χ3v) is 6.25. The monoisotopic (exact) mass is 541 g/mol. The number of oxime groups is 1. The van der Waals surface area contributed by atoms with Crippen molar-refractivity contribution in [1.82, 2.24) is 10.3 Å². The van der Waals surface area contributed by atoms with Gasteiger partial charge in [0.05, 0.1) is 11.3 Å². The van der Waals surface area contributed by atoms with Crippen molar-refractivity contribution in [2.45, 2.75) is 32.0 Å². The number of pyridine rings is 1. The summed E-state index contributed by atoms with van der Waals surface area (Å²) in [5.41, 5.74) is 2.10. The van der Waals surface area contributed by atoms with E-state index in [2.05, 4.69) is 15.5 Å². The third kappa shape index (κ3) is 9.10. The van der Waals surface area contributed by atoms with Gasteiger partial charge in [-0.1, -0.05) is 47.6 Å². The van der Waals surface area contributed by atoms with Crippen LogP contribution in [0.25, 0.3) is 0 Å². The van der Waals surface area contributed by atoms with Crippen molar-refractivity contribution in [2.24, 2.45) is 11.1 Å². The number of carbonyl (C=O) groups is 1. The van der Waals surface area contributed by atoms with Crippen LogP contribution in [0, 0.1) is 5.92 Å². The molecule has 3 aromatic rings. The molecule has 7 nitrogen and oxygen atoms in total. The summed E-state index contributed by atoms with van der Waals surface area (Å²) in [6.45, 7) is 1.92. The van der Waals surface area contributed by atoms with Gasteiger partial charge >= 0.3 is 6.18 Å². The third-order valence-electron chi connectivity index (χ3n) is 6.25.